The fourth-order valence-corrected chi connectivity index (χ4v) is 2.80. The van der Waals surface area contributed by atoms with E-state index in [2.05, 4.69) is 44.7 Å². The molecule has 0 spiro atoms. The second kappa shape index (κ2) is 9.55. The first-order valence-corrected chi connectivity index (χ1v) is 9.17. The van der Waals surface area contributed by atoms with Crippen LogP contribution in [0.4, 0.5) is 0 Å². The second-order valence-corrected chi connectivity index (χ2v) is 7.06. The van der Waals surface area contributed by atoms with Crippen molar-refractivity contribution >= 4 is 23.2 Å². The minimum atomic E-state index is -0.517. The van der Waals surface area contributed by atoms with Crippen LogP contribution in [0.1, 0.15) is 46.1 Å². The van der Waals surface area contributed by atoms with Gasteiger partial charge in [0, 0.05) is 19.6 Å². The molecule has 1 aromatic rings. The molecule has 0 aliphatic rings. The van der Waals surface area contributed by atoms with E-state index in [-0.39, 0.29) is 5.91 Å². The number of amides is 1. The molecule has 1 heterocycles. The number of carbonyl (C=O) groups is 1. The number of thiophene rings is 1. The number of nitrogens with zero attached hydrogens (tertiary/aromatic N) is 1. The molecule has 0 aliphatic heterocycles. The number of nitrogens with one attached hydrogen (secondary N) is 3. The van der Waals surface area contributed by atoms with E-state index in [1.807, 2.05) is 27.7 Å². The minimum absolute atomic E-state index is 0.0336. The molecule has 3 N–H and O–H groups in total. The van der Waals surface area contributed by atoms with Crippen LogP contribution in [0.2, 0.25) is 0 Å². The number of guanidine groups is 1. The van der Waals surface area contributed by atoms with Gasteiger partial charge in [0.1, 0.15) is 0 Å². The van der Waals surface area contributed by atoms with E-state index < -0.39 is 5.41 Å². The quantitative estimate of drug-likeness (QED) is 0.504. The van der Waals surface area contributed by atoms with Gasteiger partial charge in [-0.2, -0.15) is 11.3 Å². The van der Waals surface area contributed by atoms with Gasteiger partial charge < -0.3 is 16.0 Å². The maximum absolute atomic E-state index is 12.0. The summed E-state index contributed by atoms with van der Waals surface area (Å²) in [5, 5.41) is 13.7. The Hall–Kier alpha value is -1.56. The lowest BCUT2D eigenvalue weighted by Crippen LogP contribution is -2.42. The molecule has 1 aromatic heterocycles. The molecule has 0 radical (unpaired) electrons. The largest absolute Gasteiger partial charge is 0.357 e. The van der Waals surface area contributed by atoms with E-state index in [4.69, 9.17) is 0 Å². The molecule has 23 heavy (non-hydrogen) atoms. The van der Waals surface area contributed by atoms with Gasteiger partial charge in [-0.25, -0.2) is 0 Å². The third kappa shape index (κ3) is 6.60. The van der Waals surface area contributed by atoms with Crippen molar-refractivity contribution in [3.05, 3.63) is 22.4 Å². The normalized spacial score (nSPS) is 13.5. The van der Waals surface area contributed by atoms with Crippen molar-refractivity contribution in [2.45, 2.75) is 40.5 Å². The summed E-state index contributed by atoms with van der Waals surface area (Å²) in [6.45, 7) is 12.7. The van der Waals surface area contributed by atoms with Crippen LogP contribution >= 0.6 is 11.3 Å². The lowest BCUT2D eigenvalue weighted by atomic mass is 9.92. The Kier molecular flexibility index (Phi) is 8.09. The van der Waals surface area contributed by atoms with Gasteiger partial charge in [0.15, 0.2) is 5.96 Å². The van der Waals surface area contributed by atoms with Gasteiger partial charge in [-0.05, 0) is 56.0 Å². The van der Waals surface area contributed by atoms with Gasteiger partial charge >= 0.3 is 0 Å². The predicted octanol–water partition coefficient (Wildman–Crippen LogP) is 2.57. The lowest BCUT2D eigenvalue weighted by Gasteiger charge is -2.22. The van der Waals surface area contributed by atoms with Gasteiger partial charge in [0.25, 0.3) is 0 Å². The summed E-state index contributed by atoms with van der Waals surface area (Å²) in [6.07, 6.45) is 0. The Morgan fingerprint density at radius 3 is 2.52 bits per heavy atom. The molecule has 0 aromatic carbocycles. The molecule has 0 saturated heterocycles. The van der Waals surface area contributed by atoms with E-state index in [1.165, 1.54) is 5.56 Å². The first kappa shape index (κ1) is 19.5. The molecule has 5 nitrogen and oxygen atoms in total. The number of aliphatic imine (C=N–C) groups is 1. The standard InChI is InChI=1S/C17H30N4OS/c1-6-18-15(22)17(4,5)12-21-16(19-7-2)20-10-13(3)14-8-9-23-11-14/h8-9,11,13H,6-7,10,12H2,1-5H3,(H,18,22)(H2,19,20,21). The fourth-order valence-electron chi connectivity index (χ4n) is 2.01. The second-order valence-electron chi connectivity index (χ2n) is 6.28. The zero-order valence-electron chi connectivity index (χ0n) is 14.9. The SMILES string of the molecule is CCNC(=O)C(C)(C)CN=C(NCC)NCC(C)c1ccsc1. The summed E-state index contributed by atoms with van der Waals surface area (Å²) < 4.78 is 0. The number of rotatable bonds is 8. The highest BCUT2D eigenvalue weighted by atomic mass is 32.1. The van der Waals surface area contributed by atoms with Gasteiger partial charge in [-0.15, -0.1) is 0 Å². The van der Waals surface area contributed by atoms with Gasteiger partial charge in [-0.1, -0.05) is 6.92 Å². The Labute approximate surface area is 144 Å². The summed E-state index contributed by atoms with van der Waals surface area (Å²) >= 11 is 1.72. The molecule has 6 heteroatoms. The zero-order valence-corrected chi connectivity index (χ0v) is 15.7. The minimum Gasteiger partial charge on any atom is -0.357 e. The average molecular weight is 339 g/mol. The summed E-state index contributed by atoms with van der Waals surface area (Å²) in [7, 11) is 0. The van der Waals surface area contributed by atoms with E-state index in [0.717, 1.165) is 19.0 Å². The van der Waals surface area contributed by atoms with Crippen LogP contribution in [0.3, 0.4) is 0 Å². The van der Waals surface area contributed by atoms with Crippen molar-refractivity contribution in [1.29, 1.82) is 0 Å². The van der Waals surface area contributed by atoms with E-state index in [1.54, 1.807) is 11.3 Å². The van der Waals surface area contributed by atoms with Crippen LogP contribution in [0.25, 0.3) is 0 Å². The third-order valence-electron chi connectivity index (χ3n) is 3.62. The lowest BCUT2D eigenvalue weighted by molar-refractivity contribution is -0.128. The molecule has 0 bridgehead atoms. The van der Waals surface area contributed by atoms with E-state index >= 15 is 0 Å². The average Bonchev–Trinajstić information content (AvgIpc) is 3.04. The predicted molar refractivity (Wildman–Crippen MR) is 99.2 cm³/mol. The van der Waals surface area contributed by atoms with Gasteiger partial charge in [0.2, 0.25) is 5.91 Å². The maximum atomic E-state index is 12.0. The van der Waals surface area contributed by atoms with Crippen LogP contribution in [0.15, 0.2) is 21.8 Å². The number of carbonyl (C=O) groups excluding carboxylic acids is 1. The van der Waals surface area contributed by atoms with Crippen molar-refractivity contribution in [3.63, 3.8) is 0 Å². The van der Waals surface area contributed by atoms with E-state index in [9.17, 15) is 4.79 Å². The molecule has 1 unspecified atom stereocenters. The summed E-state index contributed by atoms with van der Waals surface area (Å²) in [5.41, 5.74) is 0.818. The fraction of sp³-hybridized carbons (Fsp3) is 0.647. The third-order valence-corrected chi connectivity index (χ3v) is 4.32. The highest BCUT2D eigenvalue weighted by Gasteiger charge is 2.26. The Morgan fingerprint density at radius 1 is 1.26 bits per heavy atom. The Morgan fingerprint density at radius 2 is 1.96 bits per heavy atom. The van der Waals surface area contributed by atoms with Gasteiger partial charge in [0.05, 0.1) is 12.0 Å². The first-order chi connectivity index (χ1) is 10.9. The van der Waals surface area contributed by atoms with Crippen molar-refractivity contribution in [1.82, 2.24) is 16.0 Å². The summed E-state index contributed by atoms with van der Waals surface area (Å²) in [6, 6.07) is 2.15. The molecule has 130 valence electrons. The summed E-state index contributed by atoms with van der Waals surface area (Å²) in [5.74, 6) is 1.21. The Bertz CT molecular complexity index is 497. The molecule has 1 amide bonds. The van der Waals surface area contributed by atoms with Crippen molar-refractivity contribution in [2.24, 2.45) is 10.4 Å². The van der Waals surface area contributed by atoms with Crippen LogP contribution in [-0.4, -0.2) is 38.0 Å². The van der Waals surface area contributed by atoms with Crippen LogP contribution in [-0.2, 0) is 4.79 Å². The van der Waals surface area contributed by atoms with Crippen molar-refractivity contribution in [3.8, 4) is 0 Å². The maximum Gasteiger partial charge on any atom is 0.227 e. The first-order valence-electron chi connectivity index (χ1n) is 8.23. The molecule has 0 fully saturated rings. The van der Waals surface area contributed by atoms with Gasteiger partial charge in [-0.3, -0.25) is 9.79 Å². The number of hydrogen-bond acceptors (Lipinski definition) is 3. The highest BCUT2D eigenvalue weighted by molar-refractivity contribution is 7.07. The molecular weight excluding hydrogens is 308 g/mol. The van der Waals surface area contributed by atoms with Crippen LogP contribution < -0.4 is 16.0 Å². The van der Waals surface area contributed by atoms with Crippen molar-refractivity contribution in [2.75, 3.05) is 26.2 Å². The molecule has 0 aliphatic carbocycles. The molecule has 0 saturated carbocycles. The highest BCUT2D eigenvalue weighted by Crippen LogP contribution is 2.17. The molecule has 1 atom stereocenters. The summed E-state index contributed by atoms with van der Waals surface area (Å²) in [4.78, 5) is 16.6. The molecule has 1 rings (SSSR count). The molecular formula is C17H30N4OS. The topological polar surface area (TPSA) is 65.5 Å². The van der Waals surface area contributed by atoms with Crippen LogP contribution in [0, 0.1) is 5.41 Å². The zero-order chi connectivity index (χ0) is 17.3. The van der Waals surface area contributed by atoms with Crippen LogP contribution in [0.5, 0.6) is 0 Å². The van der Waals surface area contributed by atoms with Crippen molar-refractivity contribution < 1.29 is 4.79 Å². The monoisotopic (exact) mass is 338 g/mol. The number of hydrogen-bond donors (Lipinski definition) is 3. The Balaban J connectivity index is 2.60. The van der Waals surface area contributed by atoms with E-state index in [0.29, 0.717) is 19.0 Å². The smallest absolute Gasteiger partial charge is 0.227 e.